The maximum absolute atomic E-state index is 12.1. The van der Waals surface area contributed by atoms with Gasteiger partial charge in [-0.2, -0.15) is 0 Å². The normalized spacial score (nSPS) is 14.6. The van der Waals surface area contributed by atoms with Crippen LogP contribution in [-0.2, 0) is 27.9 Å². The van der Waals surface area contributed by atoms with E-state index < -0.39 is 19.9 Å². The number of likely N-dealkylation sites (N-methyl/N-ethyl adjacent to an activating group) is 1. The van der Waals surface area contributed by atoms with Crippen LogP contribution < -0.4 is 0 Å². The van der Waals surface area contributed by atoms with E-state index in [2.05, 4.69) is 19.1 Å². The van der Waals surface area contributed by atoms with Gasteiger partial charge >= 0.3 is 13.8 Å². The van der Waals surface area contributed by atoms with Crippen LogP contribution in [-0.4, -0.2) is 75.6 Å². The van der Waals surface area contributed by atoms with Crippen LogP contribution in [0.2, 0.25) is 0 Å². The number of esters is 1. The zero-order valence-electron chi connectivity index (χ0n) is 25.2. The zero-order chi connectivity index (χ0) is 28.5. The van der Waals surface area contributed by atoms with Crippen LogP contribution in [0.1, 0.15) is 110 Å². The van der Waals surface area contributed by atoms with Crippen LogP contribution >= 0.6 is 7.82 Å². The molecule has 0 spiro atoms. The number of phosphoric acid groups is 1. The van der Waals surface area contributed by atoms with Gasteiger partial charge < -0.3 is 18.9 Å². The van der Waals surface area contributed by atoms with Gasteiger partial charge in [-0.05, 0) is 32.1 Å². The molecule has 0 aliphatic carbocycles. The summed E-state index contributed by atoms with van der Waals surface area (Å²) in [7, 11) is 1.65. The van der Waals surface area contributed by atoms with E-state index in [4.69, 9.17) is 18.5 Å². The number of carbonyl (C=O) groups is 1. The number of ether oxygens (including phenoxy) is 2. The SMILES string of the molecule is CCCCCCCCC/C=C\CCCCCCCCOCC(COP(=O)(O)OCC[N+](C)(C)C)OC(C)=O. The lowest BCUT2D eigenvalue weighted by Crippen LogP contribution is -2.37. The Kier molecular flexibility index (Phi) is 23.6. The Balaban J connectivity index is 3.75. The zero-order valence-corrected chi connectivity index (χ0v) is 26.1. The molecule has 2 atom stereocenters. The Hall–Kier alpha value is -0.760. The van der Waals surface area contributed by atoms with Crippen molar-refractivity contribution in [3.63, 3.8) is 0 Å². The lowest BCUT2D eigenvalue weighted by atomic mass is 10.1. The number of quaternary nitrogens is 1. The third-order valence-corrected chi connectivity index (χ3v) is 7.11. The van der Waals surface area contributed by atoms with Crippen LogP contribution in [0, 0.1) is 0 Å². The molecule has 0 amide bonds. The van der Waals surface area contributed by atoms with Gasteiger partial charge in [0.15, 0.2) is 0 Å². The Bertz CT molecular complexity index is 637. The molecular formula is C29H59NO7P+. The Morgan fingerprint density at radius 1 is 0.789 bits per heavy atom. The molecule has 0 aromatic carbocycles. The van der Waals surface area contributed by atoms with Crippen molar-refractivity contribution in [3.8, 4) is 0 Å². The predicted molar refractivity (Wildman–Crippen MR) is 155 cm³/mol. The maximum Gasteiger partial charge on any atom is 0.472 e. The molecule has 8 nitrogen and oxygen atoms in total. The summed E-state index contributed by atoms with van der Waals surface area (Å²) in [6.07, 6.45) is 22.9. The van der Waals surface area contributed by atoms with Crippen LogP contribution in [0.5, 0.6) is 0 Å². The summed E-state index contributed by atoms with van der Waals surface area (Å²) in [4.78, 5) is 21.2. The van der Waals surface area contributed by atoms with Gasteiger partial charge in [0.2, 0.25) is 0 Å². The van der Waals surface area contributed by atoms with Gasteiger partial charge in [0.25, 0.3) is 0 Å². The molecule has 38 heavy (non-hydrogen) atoms. The van der Waals surface area contributed by atoms with Crippen molar-refractivity contribution in [2.45, 2.75) is 116 Å². The smallest absolute Gasteiger partial charge is 0.458 e. The minimum absolute atomic E-state index is 0.0853. The third-order valence-electron chi connectivity index (χ3n) is 6.13. The minimum Gasteiger partial charge on any atom is -0.458 e. The molecule has 0 rings (SSSR count). The van der Waals surface area contributed by atoms with E-state index in [1.54, 1.807) is 0 Å². The lowest BCUT2D eigenvalue weighted by Gasteiger charge is -2.24. The molecule has 0 saturated heterocycles. The number of hydrogen-bond acceptors (Lipinski definition) is 6. The summed E-state index contributed by atoms with van der Waals surface area (Å²) >= 11 is 0. The second-order valence-corrected chi connectivity index (χ2v) is 12.7. The fourth-order valence-corrected chi connectivity index (χ4v) is 4.58. The van der Waals surface area contributed by atoms with E-state index in [1.165, 1.54) is 90.4 Å². The first-order valence-corrected chi connectivity index (χ1v) is 16.4. The van der Waals surface area contributed by atoms with E-state index in [0.717, 1.165) is 12.8 Å². The minimum atomic E-state index is -4.22. The highest BCUT2D eigenvalue weighted by Crippen LogP contribution is 2.43. The van der Waals surface area contributed by atoms with E-state index in [0.29, 0.717) is 17.6 Å². The second-order valence-electron chi connectivity index (χ2n) is 11.2. The highest BCUT2D eigenvalue weighted by molar-refractivity contribution is 7.47. The topological polar surface area (TPSA) is 91.3 Å². The Labute approximate surface area is 233 Å². The average Bonchev–Trinajstić information content (AvgIpc) is 2.82. The quantitative estimate of drug-likeness (QED) is 0.0371. The summed E-state index contributed by atoms with van der Waals surface area (Å²) in [5.41, 5.74) is 0. The summed E-state index contributed by atoms with van der Waals surface area (Å²) in [5.74, 6) is -0.492. The first kappa shape index (κ1) is 37.2. The largest absolute Gasteiger partial charge is 0.472 e. The first-order valence-electron chi connectivity index (χ1n) is 14.9. The lowest BCUT2D eigenvalue weighted by molar-refractivity contribution is -0.870. The highest BCUT2D eigenvalue weighted by Gasteiger charge is 2.25. The molecule has 0 aliphatic heterocycles. The van der Waals surface area contributed by atoms with Crippen molar-refractivity contribution in [3.05, 3.63) is 12.2 Å². The predicted octanol–water partition coefficient (Wildman–Crippen LogP) is 7.20. The van der Waals surface area contributed by atoms with Crippen LogP contribution in [0.15, 0.2) is 12.2 Å². The maximum atomic E-state index is 12.1. The molecule has 0 bridgehead atoms. The van der Waals surface area contributed by atoms with E-state index in [1.807, 2.05) is 21.1 Å². The fourth-order valence-electron chi connectivity index (χ4n) is 3.84. The van der Waals surface area contributed by atoms with Gasteiger partial charge in [-0.25, -0.2) is 4.57 Å². The molecule has 0 fully saturated rings. The molecule has 0 radical (unpaired) electrons. The van der Waals surface area contributed by atoms with Crippen LogP contribution in [0.4, 0.5) is 0 Å². The molecule has 0 aromatic rings. The molecule has 0 saturated carbocycles. The number of rotatable bonds is 27. The number of unbranched alkanes of at least 4 members (excludes halogenated alkanes) is 13. The molecule has 0 heterocycles. The summed E-state index contributed by atoms with van der Waals surface area (Å²) < 4.78 is 33.5. The molecular weight excluding hydrogens is 505 g/mol. The Morgan fingerprint density at radius 3 is 1.84 bits per heavy atom. The van der Waals surface area contributed by atoms with Crippen molar-refractivity contribution < 1.29 is 37.3 Å². The molecule has 1 N–H and O–H groups in total. The fraction of sp³-hybridized carbons (Fsp3) is 0.897. The molecule has 2 unspecified atom stereocenters. The molecule has 226 valence electrons. The van der Waals surface area contributed by atoms with Gasteiger partial charge in [-0.1, -0.05) is 83.3 Å². The molecule has 0 aromatic heterocycles. The van der Waals surface area contributed by atoms with Crippen LogP contribution in [0.25, 0.3) is 0 Å². The van der Waals surface area contributed by atoms with Gasteiger partial charge in [0.1, 0.15) is 19.3 Å². The van der Waals surface area contributed by atoms with E-state index in [-0.39, 0.29) is 19.8 Å². The molecule has 9 heteroatoms. The van der Waals surface area contributed by atoms with Crippen molar-refractivity contribution in [2.24, 2.45) is 0 Å². The van der Waals surface area contributed by atoms with Crippen molar-refractivity contribution in [2.75, 3.05) is 54.1 Å². The number of carbonyl (C=O) groups excluding carboxylic acids is 1. The second kappa shape index (κ2) is 24.1. The highest BCUT2D eigenvalue weighted by atomic mass is 31.2. The van der Waals surface area contributed by atoms with Crippen molar-refractivity contribution >= 4 is 13.8 Å². The first-order chi connectivity index (χ1) is 18.1. The Morgan fingerprint density at radius 2 is 1.32 bits per heavy atom. The number of allylic oxidation sites excluding steroid dienone is 2. The van der Waals surface area contributed by atoms with E-state index in [9.17, 15) is 14.3 Å². The van der Waals surface area contributed by atoms with Gasteiger partial charge in [0, 0.05) is 13.5 Å². The standard InChI is InChI=1S/C29H58NO7P/c1-6-7-8-9-10-11-12-13-14-15-16-17-18-19-20-21-22-24-34-26-29(37-28(2)31)27-36-38(32,33)35-25-23-30(3,4)5/h14-15,29H,6-13,16-27H2,1-5H3/p+1/b15-14-. The van der Waals surface area contributed by atoms with Crippen molar-refractivity contribution in [1.82, 2.24) is 0 Å². The number of phosphoric ester groups is 1. The summed E-state index contributed by atoms with van der Waals surface area (Å²) in [5, 5.41) is 0. The van der Waals surface area contributed by atoms with Gasteiger partial charge in [-0.15, -0.1) is 0 Å². The average molecular weight is 565 g/mol. The third kappa shape index (κ3) is 28.3. The number of nitrogens with zero attached hydrogens (tertiary/aromatic N) is 1. The monoisotopic (exact) mass is 564 g/mol. The summed E-state index contributed by atoms with van der Waals surface area (Å²) in [6, 6.07) is 0. The van der Waals surface area contributed by atoms with Crippen LogP contribution in [0.3, 0.4) is 0 Å². The summed E-state index contributed by atoms with van der Waals surface area (Å²) in [6.45, 7) is 4.60. The number of hydrogen-bond donors (Lipinski definition) is 1. The molecule has 0 aliphatic rings. The van der Waals surface area contributed by atoms with E-state index >= 15 is 0 Å². The van der Waals surface area contributed by atoms with Crippen molar-refractivity contribution in [1.29, 1.82) is 0 Å². The van der Waals surface area contributed by atoms with Gasteiger partial charge in [0.05, 0.1) is 34.4 Å². The van der Waals surface area contributed by atoms with Gasteiger partial charge in [-0.3, -0.25) is 13.8 Å².